The zero-order chi connectivity index (χ0) is 16.5. The number of nitrogens with one attached hydrogen (secondary N) is 4. The summed E-state index contributed by atoms with van der Waals surface area (Å²) in [5, 5.41) is 7.31. The van der Waals surface area contributed by atoms with E-state index in [9.17, 15) is 0 Å². The molecule has 128 valence electrons. The highest BCUT2D eigenvalue weighted by atomic mass is 32.1. The molecule has 0 saturated carbocycles. The van der Waals surface area contributed by atoms with Gasteiger partial charge in [0.05, 0.1) is 33.7 Å². The van der Waals surface area contributed by atoms with E-state index in [1.165, 1.54) is 48.5 Å². The minimum atomic E-state index is 0.754. The maximum atomic E-state index is 5.32. The zero-order valence-corrected chi connectivity index (χ0v) is 15.4. The summed E-state index contributed by atoms with van der Waals surface area (Å²) >= 11 is 5.32. The van der Waals surface area contributed by atoms with Crippen LogP contribution in [-0.2, 0) is 13.1 Å². The highest BCUT2D eigenvalue weighted by molar-refractivity contribution is 7.80. The molecule has 1 aromatic rings. The van der Waals surface area contributed by atoms with Gasteiger partial charge >= 0.3 is 0 Å². The molecule has 23 heavy (non-hydrogen) atoms. The molecule has 2 rings (SSSR count). The van der Waals surface area contributed by atoms with E-state index in [4.69, 9.17) is 12.2 Å². The van der Waals surface area contributed by atoms with Crippen molar-refractivity contribution >= 4 is 17.3 Å². The van der Waals surface area contributed by atoms with E-state index >= 15 is 0 Å². The molecule has 0 atom stereocenters. The molecule has 4 nitrogen and oxygen atoms in total. The molecule has 0 amide bonds. The molecule has 1 aromatic carbocycles. The van der Waals surface area contributed by atoms with Gasteiger partial charge in [0, 0.05) is 37.9 Å². The van der Waals surface area contributed by atoms with E-state index < -0.39 is 0 Å². The van der Waals surface area contributed by atoms with E-state index in [-0.39, 0.29) is 0 Å². The first-order chi connectivity index (χ1) is 11.1. The predicted molar refractivity (Wildman–Crippen MR) is 99.8 cm³/mol. The molecule has 1 heterocycles. The van der Waals surface area contributed by atoms with Crippen molar-refractivity contribution in [1.82, 2.24) is 10.6 Å². The fourth-order valence-corrected chi connectivity index (χ4v) is 3.18. The van der Waals surface area contributed by atoms with Crippen LogP contribution in [0.4, 0.5) is 0 Å². The van der Waals surface area contributed by atoms with E-state index in [2.05, 4.69) is 49.0 Å². The first kappa shape index (κ1) is 18.2. The van der Waals surface area contributed by atoms with Crippen LogP contribution in [0.2, 0.25) is 0 Å². The Morgan fingerprint density at radius 1 is 1.09 bits per heavy atom. The first-order valence-corrected chi connectivity index (χ1v) is 9.26. The van der Waals surface area contributed by atoms with E-state index in [1.54, 1.807) is 4.90 Å². The Balaban J connectivity index is 1.64. The molecule has 0 radical (unpaired) electrons. The van der Waals surface area contributed by atoms with Crippen molar-refractivity contribution in [3.63, 3.8) is 0 Å². The second kappa shape index (κ2) is 9.85. The predicted octanol–water partition coefficient (Wildman–Crippen LogP) is -0.636. The van der Waals surface area contributed by atoms with E-state index in [0.717, 1.165) is 31.2 Å². The zero-order valence-electron chi connectivity index (χ0n) is 14.6. The van der Waals surface area contributed by atoms with E-state index in [0.29, 0.717) is 0 Å². The van der Waals surface area contributed by atoms with Crippen molar-refractivity contribution in [2.75, 3.05) is 40.3 Å². The molecular formula is C18H32N4S+2. The number of rotatable bonds is 8. The van der Waals surface area contributed by atoms with Gasteiger partial charge in [-0.15, -0.1) is 0 Å². The highest BCUT2D eigenvalue weighted by Crippen LogP contribution is 2.04. The summed E-state index contributed by atoms with van der Waals surface area (Å²) in [6.45, 7) is 6.73. The van der Waals surface area contributed by atoms with Crippen LogP contribution >= 0.6 is 12.2 Å². The monoisotopic (exact) mass is 336 g/mol. The Hall–Kier alpha value is -1.17. The molecule has 4 N–H and O–H groups in total. The summed E-state index contributed by atoms with van der Waals surface area (Å²) < 4.78 is 0. The Labute approximate surface area is 146 Å². The van der Waals surface area contributed by atoms with Gasteiger partial charge in [0.1, 0.15) is 6.54 Å². The third-order valence-electron chi connectivity index (χ3n) is 4.38. The third kappa shape index (κ3) is 7.29. The summed E-state index contributed by atoms with van der Waals surface area (Å²) in [6.07, 6.45) is 3.91. The van der Waals surface area contributed by atoms with Gasteiger partial charge in [0.25, 0.3) is 0 Å². The average Bonchev–Trinajstić information content (AvgIpc) is 3.04. The smallest absolute Gasteiger partial charge is 0.166 e. The fourth-order valence-electron chi connectivity index (χ4n) is 3.00. The molecule has 0 aliphatic carbocycles. The maximum absolute atomic E-state index is 5.32. The van der Waals surface area contributed by atoms with Gasteiger partial charge in [-0.3, -0.25) is 0 Å². The van der Waals surface area contributed by atoms with Crippen LogP contribution in [0, 0.1) is 0 Å². The second-order valence-corrected chi connectivity index (χ2v) is 7.28. The largest absolute Gasteiger partial charge is 0.363 e. The molecule has 1 fully saturated rings. The number of benzene rings is 1. The van der Waals surface area contributed by atoms with Gasteiger partial charge in [-0.2, -0.15) is 0 Å². The summed E-state index contributed by atoms with van der Waals surface area (Å²) in [6, 6.07) is 8.96. The quantitative estimate of drug-likeness (QED) is 0.377. The van der Waals surface area contributed by atoms with Gasteiger partial charge in [-0.05, 0) is 17.8 Å². The Morgan fingerprint density at radius 3 is 2.39 bits per heavy atom. The van der Waals surface area contributed by atoms with Crippen LogP contribution < -0.4 is 20.4 Å². The van der Waals surface area contributed by atoms with Crippen molar-refractivity contribution in [2.45, 2.75) is 32.4 Å². The summed E-state index contributed by atoms with van der Waals surface area (Å²) in [7, 11) is 4.34. The lowest BCUT2D eigenvalue weighted by Crippen LogP contribution is -3.08. The standard InChI is InChI=1S/C18H30N4S/c1-21(2)11-5-10-19-18(23)20-14-16-6-8-17(9-7-16)15-22-12-3-4-13-22/h6-9H,3-5,10-15H2,1-2H3,(H2,19,20,23)/p+2. The Kier molecular flexibility index (Phi) is 7.79. The highest BCUT2D eigenvalue weighted by Gasteiger charge is 2.15. The molecule has 0 spiro atoms. The van der Waals surface area contributed by atoms with Crippen LogP contribution in [0.3, 0.4) is 0 Å². The lowest BCUT2D eigenvalue weighted by atomic mass is 10.1. The molecule has 0 unspecified atom stereocenters. The molecule has 1 saturated heterocycles. The number of likely N-dealkylation sites (tertiary alicyclic amines) is 1. The van der Waals surface area contributed by atoms with Crippen molar-refractivity contribution in [2.24, 2.45) is 0 Å². The molecule has 1 aliphatic rings. The normalized spacial score (nSPS) is 15.1. The molecule has 0 aromatic heterocycles. The van der Waals surface area contributed by atoms with Gasteiger partial charge in [0.15, 0.2) is 5.11 Å². The van der Waals surface area contributed by atoms with Crippen LogP contribution in [0.1, 0.15) is 30.4 Å². The van der Waals surface area contributed by atoms with Crippen LogP contribution in [-0.4, -0.2) is 45.4 Å². The van der Waals surface area contributed by atoms with Gasteiger partial charge < -0.3 is 20.4 Å². The number of quaternary nitrogens is 2. The van der Waals surface area contributed by atoms with E-state index in [1.807, 2.05) is 0 Å². The van der Waals surface area contributed by atoms with Crippen molar-refractivity contribution in [1.29, 1.82) is 0 Å². The molecular weight excluding hydrogens is 304 g/mol. The second-order valence-electron chi connectivity index (χ2n) is 6.87. The third-order valence-corrected chi connectivity index (χ3v) is 4.67. The SMILES string of the molecule is C[NH+](C)CCCNC(=S)NCc1ccc(C[NH+]2CCCC2)cc1. The summed E-state index contributed by atoms with van der Waals surface area (Å²) in [4.78, 5) is 3.20. The topological polar surface area (TPSA) is 32.9 Å². The van der Waals surface area contributed by atoms with Gasteiger partial charge in [0.2, 0.25) is 0 Å². The van der Waals surface area contributed by atoms with Crippen molar-refractivity contribution in [3.8, 4) is 0 Å². The first-order valence-electron chi connectivity index (χ1n) is 8.85. The summed E-state index contributed by atoms with van der Waals surface area (Å²) in [5.41, 5.74) is 2.73. The Bertz CT molecular complexity index is 466. The molecule has 0 bridgehead atoms. The lowest BCUT2D eigenvalue weighted by molar-refractivity contribution is -0.901. The Morgan fingerprint density at radius 2 is 1.74 bits per heavy atom. The maximum Gasteiger partial charge on any atom is 0.166 e. The minimum absolute atomic E-state index is 0.754. The van der Waals surface area contributed by atoms with Crippen molar-refractivity contribution in [3.05, 3.63) is 35.4 Å². The van der Waals surface area contributed by atoms with Crippen molar-refractivity contribution < 1.29 is 9.80 Å². The minimum Gasteiger partial charge on any atom is -0.363 e. The number of hydrogen-bond acceptors (Lipinski definition) is 1. The van der Waals surface area contributed by atoms with Gasteiger partial charge in [-0.1, -0.05) is 24.3 Å². The fraction of sp³-hybridized carbons (Fsp3) is 0.611. The number of hydrogen-bond donors (Lipinski definition) is 4. The number of thiocarbonyl (C=S) groups is 1. The van der Waals surface area contributed by atoms with Gasteiger partial charge in [-0.25, -0.2) is 0 Å². The summed E-state index contributed by atoms with van der Waals surface area (Å²) in [5.74, 6) is 0. The van der Waals surface area contributed by atoms with Crippen LogP contribution in [0.25, 0.3) is 0 Å². The average molecular weight is 337 g/mol. The van der Waals surface area contributed by atoms with Crippen LogP contribution in [0.15, 0.2) is 24.3 Å². The lowest BCUT2D eigenvalue weighted by Gasteiger charge is -2.13. The molecule has 5 heteroatoms. The van der Waals surface area contributed by atoms with Crippen LogP contribution in [0.5, 0.6) is 0 Å². The molecule has 1 aliphatic heterocycles.